The molecule has 29 heavy (non-hydrogen) atoms. The van der Waals surface area contributed by atoms with Gasteiger partial charge in [-0.2, -0.15) is 0 Å². The number of aryl methyl sites for hydroxylation is 1. The first-order chi connectivity index (χ1) is 13.7. The summed E-state index contributed by atoms with van der Waals surface area (Å²) in [5.74, 6) is -0.125. The number of halogens is 1. The Balaban J connectivity index is 2.02. The van der Waals surface area contributed by atoms with Crippen LogP contribution in [0.3, 0.4) is 0 Å². The van der Waals surface area contributed by atoms with Gasteiger partial charge >= 0.3 is 0 Å². The number of phenolic OH excluding ortho intramolecular Hbond substituents is 3. The van der Waals surface area contributed by atoms with E-state index in [0.717, 1.165) is 0 Å². The Bertz CT molecular complexity index is 1080. The topological polar surface area (TPSA) is 139 Å². The molecule has 0 unspecified atom stereocenters. The maximum absolute atomic E-state index is 13.1. The molecule has 3 aromatic carbocycles. The van der Waals surface area contributed by atoms with E-state index in [2.05, 4.69) is 0 Å². The molecule has 0 atom stereocenters. The summed E-state index contributed by atoms with van der Waals surface area (Å²) in [6.07, 6.45) is 0.315. The molecule has 0 amide bonds. The number of alkyl halides is 1. The molecular weight excluding hydrogens is 373 g/mol. The van der Waals surface area contributed by atoms with Gasteiger partial charge < -0.3 is 32.5 Å². The number of anilines is 3. The van der Waals surface area contributed by atoms with Crippen molar-refractivity contribution in [1.29, 1.82) is 0 Å². The van der Waals surface area contributed by atoms with Gasteiger partial charge in [-0.15, -0.1) is 0 Å². The van der Waals surface area contributed by atoms with Crippen molar-refractivity contribution >= 4 is 17.1 Å². The van der Waals surface area contributed by atoms with Crippen LogP contribution in [0.15, 0.2) is 36.4 Å². The number of hydrogen-bond acceptors (Lipinski definition) is 6. The summed E-state index contributed by atoms with van der Waals surface area (Å²) in [5.41, 5.74) is 21.5. The highest BCUT2D eigenvalue weighted by Gasteiger charge is 2.16. The molecule has 152 valence electrons. The van der Waals surface area contributed by atoms with Gasteiger partial charge in [0.1, 0.15) is 23.9 Å². The summed E-state index contributed by atoms with van der Waals surface area (Å²) in [6, 6.07) is 9.40. The second kappa shape index (κ2) is 7.79. The van der Waals surface area contributed by atoms with Crippen molar-refractivity contribution in [1.82, 2.24) is 0 Å². The zero-order valence-corrected chi connectivity index (χ0v) is 16.0. The Morgan fingerprint density at radius 3 is 1.41 bits per heavy atom. The van der Waals surface area contributed by atoms with E-state index in [9.17, 15) is 19.7 Å². The third-order valence-corrected chi connectivity index (χ3v) is 4.89. The molecule has 0 aromatic heterocycles. The fourth-order valence-corrected chi connectivity index (χ4v) is 3.51. The highest BCUT2D eigenvalue weighted by atomic mass is 19.1. The van der Waals surface area contributed by atoms with E-state index in [1.54, 1.807) is 31.2 Å². The average Bonchev–Trinajstić information content (AvgIpc) is 2.65. The first-order valence-electron chi connectivity index (χ1n) is 9.04. The molecule has 0 radical (unpaired) electrons. The molecule has 3 rings (SSSR count). The van der Waals surface area contributed by atoms with Gasteiger partial charge in [-0.1, -0.05) is 0 Å². The quantitative estimate of drug-likeness (QED) is 0.288. The van der Waals surface area contributed by atoms with Crippen LogP contribution in [0.25, 0.3) is 0 Å². The summed E-state index contributed by atoms with van der Waals surface area (Å²) in [6.45, 7) is 0.886. The van der Waals surface area contributed by atoms with E-state index in [1.807, 2.05) is 0 Å². The molecule has 9 N–H and O–H groups in total. The van der Waals surface area contributed by atoms with Crippen molar-refractivity contribution in [2.75, 3.05) is 17.2 Å². The Morgan fingerprint density at radius 1 is 0.621 bits per heavy atom. The minimum atomic E-state index is -0.855. The minimum absolute atomic E-state index is 0.0256. The summed E-state index contributed by atoms with van der Waals surface area (Å²) in [7, 11) is 0. The molecule has 0 aliphatic carbocycles. The van der Waals surface area contributed by atoms with Crippen LogP contribution in [-0.4, -0.2) is 15.3 Å². The summed E-state index contributed by atoms with van der Waals surface area (Å²) < 4.78 is 13.1. The second-order valence-electron chi connectivity index (χ2n) is 7.21. The lowest BCUT2D eigenvalue weighted by Gasteiger charge is -2.15. The first kappa shape index (κ1) is 20.1. The van der Waals surface area contributed by atoms with Crippen LogP contribution >= 0.6 is 0 Å². The largest absolute Gasteiger partial charge is 0.507 e. The van der Waals surface area contributed by atoms with Gasteiger partial charge in [0.05, 0.1) is 0 Å². The van der Waals surface area contributed by atoms with Crippen LogP contribution in [0.4, 0.5) is 21.5 Å². The molecule has 0 fully saturated rings. The van der Waals surface area contributed by atoms with E-state index in [0.29, 0.717) is 44.9 Å². The normalized spacial score (nSPS) is 11.0. The summed E-state index contributed by atoms with van der Waals surface area (Å²) >= 11 is 0. The Kier molecular flexibility index (Phi) is 5.41. The van der Waals surface area contributed by atoms with Gasteiger partial charge in [0.15, 0.2) is 0 Å². The summed E-state index contributed by atoms with van der Waals surface area (Å²) in [5, 5.41) is 31.4. The standard InChI is InChI=1S/C22H24FN3O3/c1-11-2-17(24)5-12(20(11)27)3-13-6-18(25)7-14(21(13)28)4-15-8-19(26)9-16(10-23)22(15)29/h2,5-9,27-29H,3-4,10,24-26H2,1H3. The number of aromatic hydroxyl groups is 3. The van der Waals surface area contributed by atoms with Crippen molar-refractivity contribution in [3.8, 4) is 17.2 Å². The van der Waals surface area contributed by atoms with Crippen molar-refractivity contribution in [3.05, 3.63) is 69.8 Å². The second-order valence-corrected chi connectivity index (χ2v) is 7.21. The number of phenols is 3. The van der Waals surface area contributed by atoms with Crippen LogP contribution in [0, 0.1) is 6.92 Å². The maximum atomic E-state index is 13.1. The van der Waals surface area contributed by atoms with E-state index in [4.69, 9.17) is 17.2 Å². The van der Waals surface area contributed by atoms with Crippen molar-refractivity contribution in [3.63, 3.8) is 0 Å². The molecule has 0 heterocycles. The molecule has 0 spiro atoms. The SMILES string of the molecule is Cc1cc(N)cc(Cc2cc(N)cc(Cc3cc(N)cc(CF)c3O)c2O)c1O. The highest BCUT2D eigenvalue weighted by molar-refractivity contribution is 5.60. The van der Waals surface area contributed by atoms with Gasteiger partial charge in [-0.3, -0.25) is 0 Å². The lowest BCUT2D eigenvalue weighted by atomic mass is 9.94. The number of rotatable bonds is 5. The Hall–Kier alpha value is -3.61. The number of nitrogens with two attached hydrogens (primary N) is 3. The van der Waals surface area contributed by atoms with Crippen LogP contribution in [-0.2, 0) is 19.5 Å². The van der Waals surface area contributed by atoms with E-state index in [-0.39, 0.29) is 35.7 Å². The Morgan fingerprint density at radius 2 is 0.966 bits per heavy atom. The van der Waals surface area contributed by atoms with Crippen molar-refractivity contribution < 1.29 is 19.7 Å². The van der Waals surface area contributed by atoms with Gasteiger partial charge in [0.25, 0.3) is 0 Å². The monoisotopic (exact) mass is 397 g/mol. The van der Waals surface area contributed by atoms with Gasteiger partial charge in [-0.25, -0.2) is 4.39 Å². The lowest BCUT2D eigenvalue weighted by Crippen LogP contribution is -2.01. The van der Waals surface area contributed by atoms with Crippen molar-refractivity contribution in [2.45, 2.75) is 26.4 Å². The number of nitrogen functional groups attached to an aromatic ring is 3. The van der Waals surface area contributed by atoms with E-state index < -0.39 is 6.67 Å². The molecule has 6 nitrogen and oxygen atoms in total. The fourth-order valence-electron chi connectivity index (χ4n) is 3.51. The average molecular weight is 397 g/mol. The molecule has 0 saturated heterocycles. The zero-order valence-electron chi connectivity index (χ0n) is 16.0. The van der Waals surface area contributed by atoms with Crippen LogP contribution < -0.4 is 17.2 Å². The van der Waals surface area contributed by atoms with Crippen LogP contribution in [0.5, 0.6) is 17.2 Å². The number of hydrogen-bond donors (Lipinski definition) is 6. The van der Waals surface area contributed by atoms with Gasteiger partial charge in [0, 0.05) is 57.7 Å². The molecule has 0 bridgehead atoms. The number of benzene rings is 3. The fraction of sp³-hybridized carbons (Fsp3) is 0.182. The zero-order chi connectivity index (χ0) is 21.3. The van der Waals surface area contributed by atoms with Gasteiger partial charge in [0.2, 0.25) is 0 Å². The van der Waals surface area contributed by atoms with Crippen LogP contribution in [0.2, 0.25) is 0 Å². The highest BCUT2D eigenvalue weighted by Crippen LogP contribution is 2.36. The predicted octanol–water partition coefficient (Wildman–Crippen LogP) is 3.51. The predicted molar refractivity (Wildman–Crippen MR) is 113 cm³/mol. The molecule has 0 saturated carbocycles. The lowest BCUT2D eigenvalue weighted by molar-refractivity contribution is 0.428. The van der Waals surface area contributed by atoms with E-state index in [1.165, 1.54) is 12.1 Å². The van der Waals surface area contributed by atoms with Gasteiger partial charge in [-0.05, 0) is 48.9 Å². The molecule has 7 heteroatoms. The summed E-state index contributed by atoms with van der Waals surface area (Å²) in [4.78, 5) is 0. The molecule has 3 aromatic rings. The third kappa shape index (κ3) is 4.13. The van der Waals surface area contributed by atoms with Crippen molar-refractivity contribution in [2.24, 2.45) is 0 Å². The molecule has 0 aliphatic heterocycles. The van der Waals surface area contributed by atoms with E-state index >= 15 is 0 Å². The Labute approximate surface area is 168 Å². The maximum Gasteiger partial charge on any atom is 0.125 e. The molecule has 0 aliphatic rings. The molecular formula is C22H24FN3O3. The first-order valence-corrected chi connectivity index (χ1v) is 9.04. The minimum Gasteiger partial charge on any atom is -0.507 e. The smallest absolute Gasteiger partial charge is 0.125 e. The third-order valence-electron chi connectivity index (χ3n) is 4.89. The van der Waals surface area contributed by atoms with Crippen LogP contribution in [0.1, 0.15) is 33.4 Å².